The summed E-state index contributed by atoms with van der Waals surface area (Å²) in [6, 6.07) is 11.2. The number of nitrogens with one attached hydrogen (secondary N) is 1. The van der Waals surface area contributed by atoms with Crippen LogP contribution in [-0.2, 0) is 7.05 Å². The first-order valence-corrected chi connectivity index (χ1v) is 9.76. The lowest BCUT2D eigenvalue weighted by atomic mass is 10.2. The average molecular weight is 397 g/mol. The number of nitrogens with zero attached hydrogens (tertiary/aromatic N) is 4. The Morgan fingerprint density at radius 1 is 1.11 bits per heavy atom. The Morgan fingerprint density at radius 3 is 2.50 bits per heavy atom. The third-order valence-electron chi connectivity index (χ3n) is 4.78. The molecule has 0 saturated carbocycles. The van der Waals surface area contributed by atoms with Gasteiger partial charge < -0.3 is 9.80 Å². The number of H-pyrrole nitrogens is 1. The van der Waals surface area contributed by atoms with Crippen LogP contribution >= 0.6 is 11.3 Å². The topological polar surface area (TPSA) is 91.3 Å². The van der Waals surface area contributed by atoms with E-state index in [1.165, 1.54) is 24.5 Å². The van der Waals surface area contributed by atoms with Crippen molar-refractivity contribution in [2.24, 2.45) is 7.05 Å². The number of rotatable bonds is 3. The fourth-order valence-electron chi connectivity index (χ4n) is 3.11. The second kappa shape index (κ2) is 7.43. The molecule has 3 aromatic rings. The molecule has 28 heavy (non-hydrogen) atoms. The summed E-state index contributed by atoms with van der Waals surface area (Å²) in [6.07, 6.45) is 0. The lowest BCUT2D eigenvalue weighted by molar-refractivity contribution is 0.0741. The van der Waals surface area contributed by atoms with E-state index in [0.717, 1.165) is 15.1 Å². The van der Waals surface area contributed by atoms with Crippen LogP contribution in [0.3, 0.4) is 0 Å². The molecule has 2 aromatic heterocycles. The Kier molecular flexibility index (Phi) is 4.82. The summed E-state index contributed by atoms with van der Waals surface area (Å²) < 4.78 is 1.02. The van der Waals surface area contributed by atoms with Crippen molar-refractivity contribution in [3.05, 3.63) is 68.3 Å². The van der Waals surface area contributed by atoms with Crippen molar-refractivity contribution in [2.45, 2.75) is 0 Å². The summed E-state index contributed by atoms with van der Waals surface area (Å²) in [7, 11) is 1.43. The minimum atomic E-state index is -0.447. The minimum absolute atomic E-state index is 0.101. The molecule has 1 aliphatic rings. The van der Waals surface area contributed by atoms with Gasteiger partial charge in [-0.3, -0.25) is 19.1 Å². The van der Waals surface area contributed by atoms with Gasteiger partial charge in [-0.1, -0.05) is 30.3 Å². The Balaban J connectivity index is 1.44. The van der Waals surface area contributed by atoms with E-state index in [4.69, 9.17) is 0 Å². The van der Waals surface area contributed by atoms with Gasteiger partial charge in [0.1, 0.15) is 16.5 Å². The first kappa shape index (κ1) is 18.2. The third kappa shape index (κ3) is 3.48. The van der Waals surface area contributed by atoms with E-state index < -0.39 is 5.69 Å². The third-order valence-corrected chi connectivity index (χ3v) is 5.67. The molecular weight excluding hydrogens is 378 g/mol. The van der Waals surface area contributed by atoms with E-state index in [1.54, 1.807) is 10.3 Å². The van der Waals surface area contributed by atoms with Crippen LogP contribution in [-0.4, -0.2) is 51.5 Å². The summed E-state index contributed by atoms with van der Waals surface area (Å²) in [5.41, 5.74) is 0.635. The molecule has 1 amide bonds. The number of carbonyl (C=O) groups excluding carboxylic acids is 1. The molecule has 0 aliphatic carbocycles. The van der Waals surface area contributed by atoms with E-state index in [1.807, 2.05) is 35.2 Å². The van der Waals surface area contributed by atoms with Gasteiger partial charge in [-0.05, 0) is 0 Å². The first-order chi connectivity index (χ1) is 13.5. The van der Waals surface area contributed by atoms with Crippen molar-refractivity contribution >= 4 is 23.1 Å². The van der Waals surface area contributed by atoms with Gasteiger partial charge in [0.15, 0.2) is 0 Å². The molecule has 1 fully saturated rings. The van der Waals surface area contributed by atoms with Crippen LogP contribution in [0.4, 0.5) is 5.82 Å². The molecule has 9 heteroatoms. The SMILES string of the molecule is Cn1c(=O)cc(N2CCN(C(=O)c3csc(-c4ccccc4)n3)CC2)[nH]c1=O. The number of aromatic amines is 1. The molecule has 0 unspecified atom stereocenters. The zero-order valence-corrected chi connectivity index (χ0v) is 16.1. The number of carbonyl (C=O) groups is 1. The molecular formula is C19H19N5O3S. The van der Waals surface area contributed by atoms with Crippen molar-refractivity contribution in [3.8, 4) is 10.6 Å². The zero-order chi connectivity index (χ0) is 19.7. The van der Waals surface area contributed by atoms with Crippen molar-refractivity contribution in [1.82, 2.24) is 19.4 Å². The lowest BCUT2D eigenvalue weighted by Gasteiger charge is -2.35. The van der Waals surface area contributed by atoms with Crippen LogP contribution in [0.15, 0.2) is 51.4 Å². The maximum Gasteiger partial charge on any atom is 0.329 e. The summed E-state index contributed by atoms with van der Waals surface area (Å²) in [4.78, 5) is 47.2. The average Bonchev–Trinajstić information content (AvgIpc) is 3.22. The maximum absolute atomic E-state index is 12.8. The summed E-state index contributed by atoms with van der Waals surface area (Å²) in [5.74, 6) is 0.385. The first-order valence-electron chi connectivity index (χ1n) is 8.88. The molecule has 1 aromatic carbocycles. The molecule has 4 rings (SSSR count). The van der Waals surface area contributed by atoms with Crippen LogP contribution in [0, 0.1) is 0 Å². The van der Waals surface area contributed by atoms with E-state index in [2.05, 4.69) is 9.97 Å². The summed E-state index contributed by atoms with van der Waals surface area (Å²) in [6.45, 7) is 2.05. The molecule has 0 spiro atoms. The fourth-order valence-corrected chi connectivity index (χ4v) is 3.91. The van der Waals surface area contributed by atoms with Gasteiger partial charge >= 0.3 is 5.69 Å². The van der Waals surface area contributed by atoms with Crippen LogP contribution < -0.4 is 16.1 Å². The molecule has 1 saturated heterocycles. The van der Waals surface area contributed by atoms with Crippen LogP contribution in [0.25, 0.3) is 10.6 Å². The molecule has 1 N–H and O–H groups in total. The Morgan fingerprint density at radius 2 is 1.82 bits per heavy atom. The molecule has 8 nitrogen and oxygen atoms in total. The number of aromatic nitrogens is 3. The number of benzene rings is 1. The summed E-state index contributed by atoms with van der Waals surface area (Å²) in [5, 5.41) is 2.61. The largest absolute Gasteiger partial charge is 0.354 e. The quantitative estimate of drug-likeness (QED) is 0.716. The summed E-state index contributed by atoms with van der Waals surface area (Å²) >= 11 is 1.45. The van der Waals surface area contributed by atoms with Crippen molar-refractivity contribution in [2.75, 3.05) is 31.1 Å². The highest BCUT2D eigenvalue weighted by Crippen LogP contribution is 2.24. The highest BCUT2D eigenvalue weighted by atomic mass is 32.1. The van der Waals surface area contributed by atoms with Crippen molar-refractivity contribution in [3.63, 3.8) is 0 Å². The normalized spacial score (nSPS) is 14.3. The number of anilines is 1. The van der Waals surface area contributed by atoms with E-state index in [-0.39, 0.29) is 11.5 Å². The second-order valence-electron chi connectivity index (χ2n) is 6.54. The zero-order valence-electron chi connectivity index (χ0n) is 15.3. The maximum atomic E-state index is 12.8. The predicted octanol–water partition coefficient (Wildman–Crippen LogP) is 1.16. The molecule has 0 bridgehead atoms. The standard InChI is InChI=1S/C19H19N5O3S/c1-22-16(25)11-15(21-19(22)27)23-7-9-24(10-8-23)18(26)14-12-28-17(20-14)13-5-3-2-4-6-13/h2-6,11-12H,7-10H2,1H3,(H,21,27). The molecule has 144 valence electrons. The number of hydrogen-bond donors (Lipinski definition) is 1. The monoisotopic (exact) mass is 397 g/mol. The number of thiazole rings is 1. The molecule has 1 aliphatic heterocycles. The van der Waals surface area contributed by atoms with Gasteiger partial charge in [0.05, 0.1) is 0 Å². The number of hydrogen-bond acceptors (Lipinski definition) is 6. The highest BCUT2D eigenvalue weighted by molar-refractivity contribution is 7.13. The second-order valence-corrected chi connectivity index (χ2v) is 7.40. The number of amides is 1. The van der Waals surface area contributed by atoms with Gasteiger partial charge in [0.25, 0.3) is 11.5 Å². The van der Waals surface area contributed by atoms with Crippen LogP contribution in [0.2, 0.25) is 0 Å². The lowest BCUT2D eigenvalue weighted by Crippen LogP contribution is -2.50. The van der Waals surface area contributed by atoms with E-state index in [0.29, 0.717) is 37.7 Å². The Bertz CT molecular complexity index is 1080. The highest BCUT2D eigenvalue weighted by Gasteiger charge is 2.25. The van der Waals surface area contributed by atoms with E-state index >= 15 is 0 Å². The fraction of sp³-hybridized carbons (Fsp3) is 0.263. The molecule has 0 radical (unpaired) electrons. The van der Waals surface area contributed by atoms with Gasteiger partial charge in [-0.15, -0.1) is 11.3 Å². The minimum Gasteiger partial charge on any atom is -0.354 e. The Hall–Kier alpha value is -3.20. The van der Waals surface area contributed by atoms with Gasteiger partial charge in [0.2, 0.25) is 0 Å². The van der Waals surface area contributed by atoms with E-state index in [9.17, 15) is 14.4 Å². The molecule has 0 atom stereocenters. The number of piperazine rings is 1. The smallest absolute Gasteiger partial charge is 0.329 e. The van der Waals surface area contributed by atoms with Gasteiger partial charge in [-0.25, -0.2) is 9.78 Å². The van der Waals surface area contributed by atoms with Crippen molar-refractivity contribution < 1.29 is 4.79 Å². The van der Waals surface area contributed by atoms with Gasteiger partial charge in [0, 0.05) is 50.2 Å². The Labute approximate surface area is 164 Å². The molecule has 3 heterocycles. The van der Waals surface area contributed by atoms with Crippen LogP contribution in [0.1, 0.15) is 10.5 Å². The van der Waals surface area contributed by atoms with Crippen molar-refractivity contribution in [1.29, 1.82) is 0 Å². The predicted molar refractivity (Wildman–Crippen MR) is 108 cm³/mol. The van der Waals surface area contributed by atoms with Crippen LogP contribution in [0.5, 0.6) is 0 Å². The van der Waals surface area contributed by atoms with Gasteiger partial charge in [-0.2, -0.15) is 0 Å².